The molecule has 1 rings (SSSR count). The van der Waals surface area contributed by atoms with Crippen molar-refractivity contribution in [1.82, 2.24) is 9.78 Å². The molecule has 16 heavy (non-hydrogen) atoms. The van der Waals surface area contributed by atoms with E-state index in [4.69, 9.17) is 5.73 Å². The molecule has 0 aliphatic carbocycles. The molecule has 1 aromatic heterocycles. The van der Waals surface area contributed by atoms with Crippen LogP contribution in [0, 0.1) is 13.8 Å². The number of rotatable bonds is 5. The molecule has 0 spiro atoms. The van der Waals surface area contributed by atoms with E-state index in [1.165, 1.54) is 0 Å². The SMILES string of the molecule is CCC(N)CC(=O)c1c(C)nn(CC)c1C. The van der Waals surface area contributed by atoms with Crippen LogP contribution >= 0.6 is 0 Å². The van der Waals surface area contributed by atoms with Gasteiger partial charge in [-0.1, -0.05) is 6.92 Å². The van der Waals surface area contributed by atoms with E-state index in [0.29, 0.717) is 6.42 Å². The van der Waals surface area contributed by atoms with E-state index in [1.54, 1.807) is 0 Å². The molecule has 0 saturated heterocycles. The molecule has 0 aliphatic rings. The van der Waals surface area contributed by atoms with Gasteiger partial charge in [-0.05, 0) is 27.2 Å². The Morgan fingerprint density at radius 2 is 2.06 bits per heavy atom. The molecule has 0 aliphatic heterocycles. The first-order chi connectivity index (χ1) is 7.51. The molecule has 0 aromatic carbocycles. The second kappa shape index (κ2) is 5.25. The lowest BCUT2D eigenvalue weighted by molar-refractivity contribution is 0.0972. The maximum Gasteiger partial charge on any atom is 0.168 e. The van der Waals surface area contributed by atoms with Crippen LogP contribution in [0.4, 0.5) is 0 Å². The molecule has 1 unspecified atom stereocenters. The third kappa shape index (κ3) is 2.50. The molecule has 1 heterocycles. The fourth-order valence-electron chi connectivity index (χ4n) is 1.89. The van der Waals surface area contributed by atoms with Crippen molar-refractivity contribution in [1.29, 1.82) is 0 Å². The van der Waals surface area contributed by atoms with E-state index >= 15 is 0 Å². The lowest BCUT2D eigenvalue weighted by Gasteiger charge is -2.07. The third-order valence-corrected chi connectivity index (χ3v) is 2.93. The highest BCUT2D eigenvalue weighted by Gasteiger charge is 2.19. The monoisotopic (exact) mass is 223 g/mol. The Morgan fingerprint density at radius 1 is 1.44 bits per heavy atom. The molecule has 0 amide bonds. The summed E-state index contributed by atoms with van der Waals surface area (Å²) in [4.78, 5) is 12.1. The highest BCUT2D eigenvalue weighted by atomic mass is 16.1. The van der Waals surface area contributed by atoms with Crippen LogP contribution in [0.5, 0.6) is 0 Å². The third-order valence-electron chi connectivity index (χ3n) is 2.93. The summed E-state index contributed by atoms with van der Waals surface area (Å²) in [6.07, 6.45) is 1.24. The summed E-state index contributed by atoms with van der Waals surface area (Å²) in [5.74, 6) is 0.115. The number of hydrogen-bond acceptors (Lipinski definition) is 3. The van der Waals surface area contributed by atoms with Gasteiger partial charge in [0.25, 0.3) is 0 Å². The Balaban J connectivity index is 2.95. The summed E-state index contributed by atoms with van der Waals surface area (Å²) in [5, 5.41) is 4.34. The Morgan fingerprint density at radius 3 is 2.50 bits per heavy atom. The molecular formula is C12H21N3O. The molecule has 0 bridgehead atoms. The summed E-state index contributed by atoms with van der Waals surface area (Å²) in [6.45, 7) is 8.62. The van der Waals surface area contributed by atoms with Gasteiger partial charge < -0.3 is 5.73 Å². The standard InChI is InChI=1S/C12H21N3O/c1-5-10(13)7-11(16)12-8(3)14-15(6-2)9(12)4/h10H,5-7,13H2,1-4H3. The minimum atomic E-state index is -0.0451. The quantitative estimate of drug-likeness (QED) is 0.775. The van der Waals surface area contributed by atoms with Crippen LogP contribution in [-0.2, 0) is 6.54 Å². The first kappa shape index (κ1) is 12.9. The molecule has 2 N–H and O–H groups in total. The zero-order valence-electron chi connectivity index (χ0n) is 10.6. The number of hydrogen-bond donors (Lipinski definition) is 1. The molecular weight excluding hydrogens is 202 g/mol. The first-order valence-electron chi connectivity index (χ1n) is 5.84. The van der Waals surface area contributed by atoms with E-state index in [2.05, 4.69) is 5.10 Å². The van der Waals surface area contributed by atoms with Crippen LogP contribution in [0.25, 0.3) is 0 Å². The highest BCUT2D eigenvalue weighted by Crippen LogP contribution is 2.16. The molecule has 0 fully saturated rings. The Labute approximate surface area is 96.8 Å². The van der Waals surface area contributed by atoms with Gasteiger partial charge in [0.15, 0.2) is 5.78 Å². The molecule has 4 nitrogen and oxygen atoms in total. The first-order valence-corrected chi connectivity index (χ1v) is 5.84. The minimum Gasteiger partial charge on any atom is -0.327 e. The van der Waals surface area contributed by atoms with E-state index < -0.39 is 0 Å². The molecule has 1 atom stereocenters. The maximum absolute atomic E-state index is 12.1. The van der Waals surface area contributed by atoms with Gasteiger partial charge in [-0.25, -0.2) is 0 Å². The zero-order valence-corrected chi connectivity index (χ0v) is 10.6. The number of carbonyl (C=O) groups is 1. The fraction of sp³-hybridized carbons (Fsp3) is 0.667. The Bertz CT molecular complexity index is 382. The van der Waals surface area contributed by atoms with Crippen LogP contribution in [0.1, 0.15) is 48.4 Å². The normalized spacial score (nSPS) is 12.8. The van der Waals surface area contributed by atoms with E-state index in [-0.39, 0.29) is 11.8 Å². The largest absolute Gasteiger partial charge is 0.327 e. The van der Waals surface area contributed by atoms with Crippen molar-refractivity contribution < 1.29 is 4.79 Å². The van der Waals surface area contributed by atoms with Gasteiger partial charge >= 0.3 is 0 Å². The van der Waals surface area contributed by atoms with Gasteiger partial charge in [0, 0.05) is 24.7 Å². The number of ketones is 1. The molecule has 4 heteroatoms. The van der Waals surface area contributed by atoms with Crippen molar-refractivity contribution in [3.63, 3.8) is 0 Å². The van der Waals surface area contributed by atoms with E-state index in [9.17, 15) is 4.79 Å². The lowest BCUT2D eigenvalue weighted by atomic mass is 10.0. The van der Waals surface area contributed by atoms with Gasteiger partial charge in [-0.15, -0.1) is 0 Å². The van der Waals surface area contributed by atoms with Gasteiger partial charge in [0.1, 0.15) is 0 Å². The molecule has 0 radical (unpaired) electrons. The number of carbonyl (C=O) groups excluding carboxylic acids is 1. The van der Waals surface area contributed by atoms with Crippen molar-refractivity contribution in [3.8, 4) is 0 Å². The second-order valence-corrected chi connectivity index (χ2v) is 4.16. The van der Waals surface area contributed by atoms with Crippen molar-refractivity contribution in [2.75, 3.05) is 0 Å². The lowest BCUT2D eigenvalue weighted by Crippen LogP contribution is -2.23. The summed E-state index contributed by atoms with van der Waals surface area (Å²) in [6, 6.07) is -0.0451. The Kier molecular flexibility index (Phi) is 4.24. The second-order valence-electron chi connectivity index (χ2n) is 4.16. The number of Topliss-reactive ketones (excluding diaryl/α,β-unsaturated/α-hetero) is 1. The predicted octanol–water partition coefficient (Wildman–Crippen LogP) is 1.83. The average molecular weight is 223 g/mol. The van der Waals surface area contributed by atoms with Gasteiger partial charge in [-0.3, -0.25) is 9.48 Å². The average Bonchev–Trinajstić information content (AvgIpc) is 2.53. The summed E-state index contributed by atoms with van der Waals surface area (Å²) < 4.78 is 1.86. The molecule has 0 saturated carbocycles. The van der Waals surface area contributed by atoms with Gasteiger partial charge in [0.2, 0.25) is 0 Å². The Hall–Kier alpha value is -1.16. The number of aromatic nitrogens is 2. The topological polar surface area (TPSA) is 60.9 Å². The predicted molar refractivity (Wildman–Crippen MR) is 64.6 cm³/mol. The van der Waals surface area contributed by atoms with Crippen LogP contribution in [0.15, 0.2) is 0 Å². The van der Waals surface area contributed by atoms with Crippen molar-refractivity contribution in [2.45, 2.75) is 53.1 Å². The van der Waals surface area contributed by atoms with E-state index in [1.807, 2.05) is 32.4 Å². The number of nitrogens with zero attached hydrogens (tertiary/aromatic N) is 2. The van der Waals surface area contributed by atoms with Crippen LogP contribution < -0.4 is 5.73 Å². The molecule has 1 aromatic rings. The number of aryl methyl sites for hydroxylation is 2. The van der Waals surface area contributed by atoms with E-state index in [0.717, 1.165) is 29.9 Å². The van der Waals surface area contributed by atoms with Crippen LogP contribution in [0.3, 0.4) is 0 Å². The van der Waals surface area contributed by atoms with Gasteiger partial charge in [-0.2, -0.15) is 5.10 Å². The maximum atomic E-state index is 12.1. The zero-order chi connectivity index (χ0) is 12.3. The molecule has 90 valence electrons. The highest BCUT2D eigenvalue weighted by molar-refractivity contribution is 5.98. The van der Waals surface area contributed by atoms with Crippen molar-refractivity contribution >= 4 is 5.78 Å². The number of nitrogens with two attached hydrogens (primary N) is 1. The summed E-state index contributed by atoms with van der Waals surface area (Å²) >= 11 is 0. The smallest absolute Gasteiger partial charge is 0.168 e. The van der Waals surface area contributed by atoms with Crippen molar-refractivity contribution in [2.24, 2.45) is 5.73 Å². The summed E-state index contributed by atoms with van der Waals surface area (Å²) in [5.41, 5.74) is 8.32. The minimum absolute atomic E-state index is 0.0451. The summed E-state index contributed by atoms with van der Waals surface area (Å²) in [7, 11) is 0. The van der Waals surface area contributed by atoms with Crippen molar-refractivity contribution in [3.05, 3.63) is 17.0 Å². The van der Waals surface area contributed by atoms with Crippen LogP contribution in [0.2, 0.25) is 0 Å². The fourth-order valence-corrected chi connectivity index (χ4v) is 1.89. The van der Waals surface area contributed by atoms with Crippen LogP contribution in [-0.4, -0.2) is 21.6 Å². The van der Waals surface area contributed by atoms with Gasteiger partial charge in [0.05, 0.1) is 11.3 Å².